The summed E-state index contributed by atoms with van der Waals surface area (Å²) in [5.41, 5.74) is 5.28. The van der Waals surface area contributed by atoms with E-state index in [9.17, 15) is 4.79 Å². The molecule has 2 aromatic heterocycles. The SMILES string of the molecule is O=C(Nc1ccc(N2CCC2)nc1)C1=NCCCc2ccc(-c3cccnc3)cc21. The zero-order chi connectivity index (χ0) is 20.3. The second kappa shape index (κ2) is 8.06. The van der Waals surface area contributed by atoms with E-state index < -0.39 is 0 Å². The molecule has 0 spiro atoms. The summed E-state index contributed by atoms with van der Waals surface area (Å²) in [7, 11) is 0. The van der Waals surface area contributed by atoms with Crippen molar-refractivity contribution in [2.24, 2.45) is 4.99 Å². The monoisotopic (exact) mass is 397 g/mol. The van der Waals surface area contributed by atoms with Crippen molar-refractivity contribution >= 4 is 23.1 Å². The van der Waals surface area contributed by atoms with Crippen LogP contribution in [-0.4, -0.2) is 41.2 Å². The summed E-state index contributed by atoms with van der Waals surface area (Å²) in [4.78, 5) is 28.7. The van der Waals surface area contributed by atoms with Crippen LogP contribution in [0.2, 0.25) is 0 Å². The zero-order valence-electron chi connectivity index (χ0n) is 16.7. The fourth-order valence-electron chi connectivity index (χ4n) is 3.85. The smallest absolute Gasteiger partial charge is 0.274 e. The first-order valence-corrected chi connectivity index (χ1v) is 10.4. The average Bonchev–Trinajstić information content (AvgIpc) is 2.96. The molecule has 1 amide bonds. The van der Waals surface area contributed by atoms with Crippen LogP contribution >= 0.6 is 0 Å². The number of amides is 1. The van der Waals surface area contributed by atoms with E-state index in [1.807, 2.05) is 30.5 Å². The van der Waals surface area contributed by atoms with Crippen LogP contribution < -0.4 is 10.2 Å². The molecule has 0 aliphatic carbocycles. The molecule has 3 aromatic rings. The molecule has 1 fully saturated rings. The third kappa shape index (κ3) is 3.68. The molecule has 0 atom stereocenters. The lowest BCUT2D eigenvalue weighted by molar-refractivity contribution is -0.110. The lowest BCUT2D eigenvalue weighted by Crippen LogP contribution is -2.37. The van der Waals surface area contributed by atoms with Crippen LogP contribution in [-0.2, 0) is 11.2 Å². The molecule has 2 aliphatic heterocycles. The number of nitrogens with zero attached hydrogens (tertiary/aromatic N) is 4. The molecule has 30 heavy (non-hydrogen) atoms. The minimum absolute atomic E-state index is 0.194. The van der Waals surface area contributed by atoms with Crippen LogP contribution in [0.15, 0.2) is 66.0 Å². The standard InChI is InChI=1S/C24H23N5O/c30-24(28-20-8-9-22(27-16-20)29-12-3-13-29)23-21-14-18(19-5-1-10-25-15-19)7-6-17(21)4-2-11-26-23/h1,5-10,14-16H,2-4,11-13H2,(H,28,30). The van der Waals surface area contributed by atoms with Crippen molar-refractivity contribution < 1.29 is 4.79 Å². The number of aromatic nitrogens is 2. The van der Waals surface area contributed by atoms with E-state index >= 15 is 0 Å². The number of rotatable bonds is 4. The Bertz CT molecular complexity index is 1090. The second-order valence-corrected chi connectivity index (χ2v) is 7.65. The Labute approximate surface area is 175 Å². The molecule has 1 saturated heterocycles. The van der Waals surface area contributed by atoms with Crippen molar-refractivity contribution in [1.82, 2.24) is 9.97 Å². The molecule has 1 aromatic carbocycles. The highest BCUT2D eigenvalue weighted by molar-refractivity contribution is 6.49. The molecule has 4 heterocycles. The van der Waals surface area contributed by atoms with Gasteiger partial charge in [0.05, 0.1) is 11.9 Å². The number of carbonyl (C=O) groups excluding carboxylic acids is 1. The topological polar surface area (TPSA) is 70.5 Å². The molecular formula is C24H23N5O. The number of carbonyl (C=O) groups is 1. The highest BCUT2D eigenvalue weighted by Gasteiger charge is 2.21. The molecule has 2 aliphatic rings. The largest absolute Gasteiger partial charge is 0.356 e. The fraction of sp³-hybridized carbons (Fsp3) is 0.250. The molecule has 5 rings (SSSR count). The van der Waals surface area contributed by atoms with Gasteiger partial charge in [-0.25, -0.2) is 4.98 Å². The van der Waals surface area contributed by atoms with Gasteiger partial charge in [0.2, 0.25) is 0 Å². The Kier molecular flexibility index (Phi) is 4.97. The van der Waals surface area contributed by atoms with Gasteiger partial charge in [-0.3, -0.25) is 14.8 Å². The summed E-state index contributed by atoms with van der Waals surface area (Å²) in [6, 6.07) is 14.1. The number of hydrogen-bond acceptors (Lipinski definition) is 5. The van der Waals surface area contributed by atoms with Gasteiger partial charge in [-0.15, -0.1) is 0 Å². The van der Waals surface area contributed by atoms with Gasteiger partial charge in [0.15, 0.2) is 0 Å². The van der Waals surface area contributed by atoms with Gasteiger partial charge < -0.3 is 10.2 Å². The maximum absolute atomic E-state index is 13.1. The first kappa shape index (κ1) is 18.5. The van der Waals surface area contributed by atoms with Crippen LogP contribution in [0.1, 0.15) is 24.0 Å². The van der Waals surface area contributed by atoms with Gasteiger partial charge in [-0.2, -0.15) is 0 Å². The number of fused-ring (bicyclic) bond motifs is 1. The quantitative estimate of drug-likeness (QED) is 0.728. The first-order chi connectivity index (χ1) is 14.8. The van der Waals surface area contributed by atoms with Crippen LogP contribution in [0.3, 0.4) is 0 Å². The van der Waals surface area contributed by atoms with Crippen molar-refractivity contribution in [3.63, 3.8) is 0 Å². The third-order valence-electron chi connectivity index (χ3n) is 5.63. The molecule has 1 N–H and O–H groups in total. The molecule has 0 bridgehead atoms. The molecular weight excluding hydrogens is 374 g/mol. The molecule has 150 valence electrons. The number of aliphatic imine (C=N–C) groups is 1. The van der Waals surface area contributed by atoms with E-state index in [1.54, 1.807) is 12.4 Å². The predicted octanol–water partition coefficient (Wildman–Crippen LogP) is 3.73. The number of benzene rings is 1. The van der Waals surface area contributed by atoms with Crippen molar-refractivity contribution in [2.75, 3.05) is 29.9 Å². The number of nitrogens with one attached hydrogen (secondary N) is 1. The normalized spacial score (nSPS) is 15.5. The molecule has 0 saturated carbocycles. The van der Waals surface area contributed by atoms with Crippen molar-refractivity contribution in [1.29, 1.82) is 0 Å². The minimum Gasteiger partial charge on any atom is -0.356 e. The second-order valence-electron chi connectivity index (χ2n) is 7.65. The van der Waals surface area contributed by atoms with E-state index in [0.717, 1.165) is 54.0 Å². The molecule has 0 radical (unpaired) electrons. The molecule has 6 heteroatoms. The summed E-state index contributed by atoms with van der Waals surface area (Å²) in [5, 5.41) is 2.98. The maximum Gasteiger partial charge on any atom is 0.274 e. The third-order valence-corrected chi connectivity index (χ3v) is 5.63. The highest BCUT2D eigenvalue weighted by atomic mass is 16.1. The number of pyridine rings is 2. The summed E-state index contributed by atoms with van der Waals surface area (Å²) < 4.78 is 0. The lowest BCUT2D eigenvalue weighted by Gasteiger charge is -2.31. The fourth-order valence-corrected chi connectivity index (χ4v) is 3.85. The highest BCUT2D eigenvalue weighted by Crippen LogP contribution is 2.26. The molecule has 0 unspecified atom stereocenters. The predicted molar refractivity (Wildman–Crippen MR) is 119 cm³/mol. The van der Waals surface area contributed by atoms with Crippen molar-refractivity contribution in [3.05, 3.63) is 72.2 Å². The van der Waals surface area contributed by atoms with Gasteiger partial charge >= 0.3 is 0 Å². The van der Waals surface area contributed by atoms with Gasteiger partial charge in [0, 0.05) is 43.2 Å². The number of anilines is 2. The van der Waals surface area contributed by atoms with Crippen LogP contribution in [0.5, 0.6) is 0 Å². The summed E-state index contributed by atoms with van der Waals surface area (Å²) >= 11 is 0. The minimum atomic E-state index is -0.194. The maximum atomic E-state index is 13.1. The summed E-state index contributed by atoms with van der Waals surface area (Å²) in [6.07, 6.45) is 8.36. The Morgan fingerprint density at radius 2 is 1.93 bits per heavy atom. The van der Waals surface area contributed by atoms with Gasteiger partial charge in [0.25, 0.3) is 5.91 Å². The lowest BCUT2D eigenvalue weighted by atomic mass is 9.95. The van der Waals surface area contributed by atoms with E-state index in [0.29, 0.717) is 17.9 Å². The molecule has 6 nitrogen and oxygen atoms in total. The van der Waals surface area contributed by atoms with Gasteiger partial charge in [-0.1, -0.05) is 18.2 Å². The van der Waals surface area contributed by atoms with Crippen molar-refractivity contribution in [2.45, 2.75) is 19.3 Å². The van der Waals surface area contributed by atoms with E-state index in [4.69, 9.17) is 0 Å². The Hall–Kier alpha value is -3.54. The van der Waals surface area contributed by atoms with Crippen LogP contribution in [0, 0.1) is 0 Å². The van der Waals surface area contributed by atoms with Gasteiger partial charge in [-0.05, 0) is 54.7 Å². The number of hydrogen-bond donors (Lipinski definition) is 1. The van der Waals surface area contributed by atoms with E-state index in [1.165, 1.54) is 6.42 Å². The van der Waals surface area contributed by atoms with E-state index in [2.05, 4.69) is 43.4 Å². The summed E-state index contributed by atoms with van der Waals surface area (Å²) in [6.45, 7) is 2.74. The Morgan fingerprint density at radius 3 is 2.67 bits per heavy atom. The zero-order valence-corrected chi connectivity index (χ0v) is 16.7. The Morgan fingerprint density at radius 1 is 1.00 bits per heavy atom. The van der Waals surface area contributed by atoms with Gasteiger partial charge in [0.1, 0.15) is 11.5 Å². The van der Waals surface area contributed by atoms with Crippen LogP contribution in [0.4, 0.5) is 11.5 Å². The van der Waals surface area contributed by atoms with Crippen molar-refractivity contribution in [3.8, 4) is 11.1 Å². The summed E-state index contributed by atoms with van der Waals surface area (Å²) in [5.74, 6) is 0.762. The van der Waals surface area contributed by atoms with Crippen LogP contribution in [0.25, 0.3) is 11.1 Å². The average molecular weight is 397 g/mol. The number of aryl methyl sites for hydroxylation is 1. The Balaban J connectivity index is 1.41. The van der Waals surface area contributed by atoms with E-state index in [-0.39, 0.29) is 5.91 Å². The first-order valence-electron chi connectivity index (χ1n) is 10.4.